The molecule has 1 aliphatic rings. The molecular formula is C12H13BrN4S. The lowest BCUT2D eigenvalue weighted by molar-refractivity contribution is 0.682. The van der Waals surface area contributed by atoms with Crippen molar-refractivity contribution in [1.82, 2.24) is 20.2 Å². The predicted molar refractivity (Wildman–Crippen MR) is 75.3 cm³/mol. The van der Waals surface area contributed by atoms with Gasteiger partial charge in [0.25, 0.3) is 0 Å². The first-order valence-electron chi connectivity index (χ1n) is 5.86. The van der Waals surface area contributed by atoms with E-state index < -0.39 is 0 Å². The van der Waals surface area contributed by atoms with Crippen LogP contribution in [0.1, 0.15) is 12.8 Å². The smallest absolute Gasteiger partial charge is 0.188 e. The van der Waals surface area contributed by atoms with Crippen molar-refractivity contribution in [2.45, 2.75) is 18.0 Å². The topological polar surface area (TPSA) is 43.6 Å². The third-order valence-corrected chi connectivity index (χ3v) is 5.65. The monoisotopic (exact) mass is 324 g/mol. The number of hydrogen-bond donors (Lipinski definition) is 0. The van der Waals surface area contributed by atoms with Gasteiger partial charge in [-0.1, -0.05) is 45.9 Å². The lowest BCUT2D eigenvalue weighted by Gasteiger charge is -2.09. The quantitative estimate of drug-likeness (QED) is 0.626. The minimum atomic E-state index is 0.470. The highest BCUT2D eigenvalue weighted by Crippen LogP contribution is 2.50. The number of alkyl halides is 1. The average molecular weight is 325 g/mol. The fourth-order valence-corrected chi connectivity index (χ4v) is 3.92. The summed E-state index contributed by atoms with van der Waals surface area (Å²) in [6.07, 6.45) is 2.61. The number of hydrogen-bond acceptors (Lipinski definition) is 4. The van der Waals surface area contributed by atoms with Crippen molar-refractivity contribution in [2.24, 2.45) is 5.41 Å². The van der Waals surface area contributed by atoms with Gasteiger partial charge in [-0.05, 0) is 40.8 Å². The van der Waals surface area contributed by atoms with E-state index >= 15 is 0 Å². The van der Waals surface area contributed by atoms with Crippen LogP contribution in [0, 0.1) is 5.41 Å². The molecule has 1 saturated carbocycles. The van der Waals surface area contributed by atoms with E-state index in [-0.39, 0.29) is 0 Å². The van der Waals surface area contributed by atoms with Gasteiger partial charge in [-0.3, -0.25) is 0 Å². The molecule has 4 nitrogen and oxygen atoms in total. The number of nitrogens with zero attached hydrogens (tertiary/aromatic N) is 4. The Morgan fingerprint density at radius 1 is 1.28 bits per heavy atom. The van der Waals surface area contributed by atoms with Crippen LogP contribution < -0.4 is 0 Å². The van der Waals surface area contributed by atoms with Crippen molar-refractivity contribution in [3.63, 3.8) is 0 Å². The van der Waals surface area contributed by atoms with Gasteiger partial charge in [0.05, 0.1) is 5.69 Å². The summed E-state index contributed by atoms with van der Waals surface area (Å²) in [6, 6.07) is 10.00. The summed E-state index contributed by atoms with van der Waals surface area (Å²) in [4.78, 5) is 0. The molecule has 0 bridgehead atoms. The number of halogens is 1. The Hall–Kier alpha value is -0.880. The summed E-state index contributed by atoms with van der Waals surface area (Å²) in [6.45, 7) is 0. The maximum atomic E-state index is 4.11. The first-order chi connectivity index (χ1) is 8.83. The Bertz CT molecular complexity index is 524. The molecule has 18 heavy (non-hydrogen) atoms. The van der Waals surface area contributed by atoms with Gasteiger partial charge >= 0.3 is 0 Å². The standard InChI is InChI=1S/C12H13BrN4S/c13-8-12(6-7-12)9-18-11-14-15-16-17(11)10-4-2-1-3-5-10/h1-5H,6-9H2. The molecule has 0 saturated heterocycles. The first kappa shape index (κ1) is 12.2. The molecule has 0 radical (unpaired) electrons. The molecule has 3 rings (SSSR count). The Kier molecular flexibility index (Phi) is 3.39. The van der Waals surface area contributed by atoms with E-state index in [0.29, 0.717) is 5.41 Å². The molecule has 1 aliphatic carbocycles. The van der Waals surface area contributed by atoms with E-state index in [1.165, 1.54) is 12.8 Å². The van der Waals surface area contributed by atoms with Crippen molar-refractivity contribution in [3.05, 3.63) is 30.3 Å². The highest BCUT2D eigenvalue weighted by atomic mass is 79.9. The summed E-state index contributed by atoms with van der Waals surface area (Å²) in [5, 5.41) is 13.9. The zero-order valence-corrected chi connectivity index (χ0v) is 12.2. The number of rotatable bonds is 5. The lowest BCUT2D eigenvalue weighted by Crippen LogP contribution is -2.07. The molecular weight excluding hydrogens is 312 g/mol. The van der Waals surface area contributed by atoms with Crippen LogP contribution in [0.3, 0.4) is 0 Å². The Balaban J connectivity index is 1.76. The summed E-state index contributed by atoms with van der Waals surface area (Å²) in [7, 11) is 0. The van der Waals surface area contributed by atoms with Crippen LogP contribution in [0.15, 0.2) is 35.5 Å². The van der Waals surface area contributed by atoms with Gasteiger partial charge in [0.15, 0.2) is 0 Å². The molecule has 1 aromatic heterocycles. The number of para-hydroxylation sites is 1. The van der Waals surface area contributed by atoms with Crippen LogP contribution in [0.4, 0.5) is 0 Å². The van der Waals surface area contributed by atoms with E-state index in [1.54, 1.807) is 16.4 Å². The van der Waals surface area contributed by atoms with Gasteiger partial charge in [0.1, 0.15) is 0 Å². The fraction of sp³-hybridized carbons (Fsp3) is 0.417. The molecule has 1 fully saturated rings. The van der Waals surface area contributed by atoms with Crippen molar-refractivity contribution in [2.75, 3.05) is 11.1 Å². The van der Waals surface area contributed by atoms with E-state index in [9.17, 15) is 0 Å². The maximum Gasteiger partial charge on any atom is 0.214 e. The molecule has 1 aromatic carbocycles. The van der Waals surface area contributed by atoms with Gasteiger partial charge in [-0.25, -0.2) is 0 Å². The van der Waals surface area contributed by atoms with Crippen LogP contribution in [0.25, 0.3) is 5.69 Å². The second-order valence-electron chi connectivity index (χ2n) is 4.63. The molecule has 6 heteroatoms. The summed E-state index contributed by atoms with van der Waals surface area (Å²) >= 11 is 5.33. The number of aromatic nitrogens is 4. The van der Waals surface area contributed by atoms with Crippen molar-refractivity contribution in [1.29, 1.82) is 0 Å². The minimum absolute atomic E-state index is 0.470. The van der Waals surface area contributed by atoms with E-state index in [4.69, 9.17) is 0 Å². The molecule has 0 atom stereocenters. The van der Waals surface area contributed by atoms with Crippen molar-refractivity contribution >= 4 is 27.7 Å². The van der Waals surface area contributed by atoms with E-state index in [2.05, 4.69) is 31.5 Å². The van der Waals surface area contributed by atoms with E-state index in [1.807, 2.05) is 30.3 Å². The summed E-state index contributed by atoms with van der Waals surface area (Å²) in [5.41, 5.74) is 1.48. The van der Waals surface area contributed by atoms with Gasteiger partial charge in [-0.2, -0.15) is 4.68 Å². The number of tetrazole rings is 1. The normalized spacial score (nSPS) is 16.7. The first-order valence-corrected chi connectivity index (χ1v) is 7.96. The fourth-order valence-electron chi connectivity index (χ4n) is 1.71. The van der Waals surface area contributed by atoms with Crippen LogP contribution in [0.2, 0.25) is 0 Å². The van der Waals surface area contributed by atoms with Gasteiger partial charge in [-0.15, -0.1) is 5.10 Å². The molecule has 1 heterocycles. The summed E-state index contributed by atoms with van der Waals surface area (Å²) < 4.78 is 1.80. The molecule has 0 amide bonds. The Morgan fingerprint density at radius 2 is 2.06 bits per heavy atom. The number of benzene rings is 1. The van der Waals surface area contributed by atoms with Crippen molar-refractivity contribution in [3.8, 4) is 5.69 Å². The van der Waals surface area contributed by atoms with Gasteiger partial charge in [0, 0.05) is 11.1 Å². The third-order valence-electron chi connectivity index (χ3n) is 3.19. The van der Waals surface area contributed by atoms with Crippen LogP contribution in [0.5, 0.6) is 0 Å². The van der Waals surface area contributed by atoms with Gasteiger partial charge in [0.2, 0.25) is 5.16 Å². The highest BCUT2D eigenvalue weighted by molar-refractivity contribution is 9.09. The maximum absolute atomic E-state index is 4.11. The second-order valence-corrected chi connectivity index (χ2v) is 6.13. The minimum Gasteiger partial charge on any atom is -0.188 e. The predicted octanol–water partition coefficient (Wildman–Crippen LogP) is 2.93. The number of thioether (sulfide) groups is 1. The zero-order valence-electron chi connectivity index (χ0n) is 9.79. The Morgan fingerprint density at radius 3 is 2.72 bits per heavy atom. The molecule has 2 aromatic rings. The molecule has 0 aliphatic heterocycles. The van der Waals surface area contributed by atoms with Crippen molar-refractivity contribution < 1.29 is 0 Å². The highest BCUT2D eigenvalue weighted by Gasteiger charge is 2.41. The van der Waals surface area contributed by atoms with Crippen LogP contribution >= 0.6 is 27.7 Å². The summed E-state index contributed by atoms with van der Waals surface area (Å²) in [5.74, 6) is 1.07. The van der Waals surface area contributed by atoms with Gasteiger partial charge < -0.3 is 0 Å². The molecule has 0 N–H and O–H groups in total. The molecule has 0 spiro atoms. The Labute approximate surface area is 118 Å². The van der Waals surface area contributed by atoms with Crippen LogP contribution in [-0.2, 0) is 0 Å². The average Bonchev–Trinajstić information content (AvgIpc) is 3.07. The largest absolute Gasteiger partial charge is 0.214 e. The molecule has 0 unspecified atom stereocenters. The second kappa shape index (κ2) is 5.01. The SMILES string of the molecule is BrCC1(CSc2nnnn2-c2ccccc2)CC1. The third kappa shape index (κ3) is 2.44. The van der Waals surface area contributed by atoms with E-state index in [0.717, 1.165) is 21.9 Å². The van der Waals surface area contributed by atoms with Crippen LogP contribution in [-0.4, -0.2) is 31.3 Å². The molecule has 94 valence electrons. The zero-order chi connectivity index (χ0) is 12.4. The lowest BCUT2D eigenvalue weighted by atomic mass is 10.2.